The Labute approximate surface area is 129 Å². The van der Waals surface area contributed by atoms with Crippen molar-refractivity contribution in [2.75, 3.05) is 11.1 Å². The molecule has 130 valence electrons. The summed E-state index contributed by atoms with van der Waals surface area (Å²) in [5.74, 6) is -2.34. The standard InChI is InChI=1S/C11H8F6N6O/c1-3-2-19-23-8(3)22-9(24)4-7(18)21-6(11(15,16)17)5(20-4)10(12,13)14/h2H,1H3,(H2,18,21)(H2,19,22,23,24). The zero-order valence-electron chi connectivity index (χ0n) is 11.7. The Bertz CT molecular complexity index is 780. The van der Waals surface area contributed by atoms with Gasteiger partial charge in [-0.3, -0.25) is 9.89 Å². The zero-order chi connectivity index (χ0) is 18.3. The average molecular weight is 354 g/mol. The highest BCUT2D eigenvalue weighted by atomic mass is 19.4. The van der Waals surface area contributed by atoms with Gasteiger partial charge in [-0.1, -0.05) is 0 Å². The molecule has 0 aliphatic heterocycles. The number of nitrogens with one attached hydrogen (secondary N) is 2. The second-order valence-corrected chi connectivity index (χ2v) is 4.53. The number of amides is 1. The number of carbonyl (C=O) groups excluding carboxylic acids is 1. The summed E-state index contributed by atoms with van der Waals surface area (Å²) in [6.45, 7) is 1.52. The van der Waals surface area contributed by atoms with Gasteiger partial charge in [0.25, 0.3) is 5.91 Å². The normalized spacial score (nSPS) is 12.3. The third kappa shape index (κ3) is 3.38. The summed E-state index contributed by atoms with van der Waals surface area (Å²) in [6.07, 6.45) is -9.62. The summed E-state index contributed by atoms with van der Waals surface area (Å²) >= 11 is 0. The number of H-pyrrole nitrogens is 1. The number of nitrogen functional groups attached to an aromatic ring is 1. The van der Waals surface area contributed by atoms with E-state index >= 15 is 0 Å². The number of aromatic amines is 1. The summed E-state index contributed by atoms with van der Waals surface area (Å²) < 4.78 is 76.4. The van der Waals surface area contributed by atoms with Crippen LogP contribution in [0, 0.1) is 6.92 Å². The monoisotopic (exact) mass is 354 g/mol. The summed E-state index contributed by atoms with van der Waals surface area (Å²) in [7, 11) is 0. The van der Waals surface area contributed by atoms with Crippen LogP contribution in [0.5, 0.6) is 0 Å². The van der Waals surface area contributed by atoms with E-state index in [0.717, 1.165) is 0 Å². The molecule has 2 aromatic rings. The van der Waals surface area contributed by atoms with E-state index in [9.17, 15) is 31.1 Å². The molecule has 2 heterocycles. The number of aromatic nitrogens is 4. The molecule has 0 spiro atoms. The van der Waals surface area contributed by atoms with Gasteiger partial charge >= 0.3 is 12.4 Å². The number of halogens is 6. The van der Waals surface area contributed by atoms with Gasteiger partial charge in [-0.2, -0.15) is 31.4 Å². The Morgan fingerprint density at radius 3 is 2.12 bits per heavy atom. The van der Waals surface area contributed by atoms with Crippen molar-refractivity contribution in [3.8, 4) is 0 Å². The third-order valence-corrected chi connectivity index (χ3v) is 2.74. The molecule has 13 heteroatoms. The first-order valence-electron chi connectivity index (χ1n) is 6.04. The lowest BCUT2D eigenvalue weighted by atomic mass is 10.2. The molecular formula is C11H8F6N6O. The number of nitrogens with two attached hydrogens (primary N) is 1. The smallest absolute Gasteiger partial charge is 0.382 e. The van der Waals surface area contributed by atoms with Crippen LogP contribution in [0.1, 0.15) is 27.4 Å². The Kier molecular flexibility index (Phi) is 4.12. The number of rotatable bonds is 2. The zero-order valence-corrected chi connectivity index (χ0v) is 11.7. The Morgan fingerprint density at radius 2 is 1.67 bits per heavy atom. The van der Waals surface area contributed by atoms with Gasteiger partial charge in [0.1, 0.15) is 5.82 Å². The number of hydrogen-bond acceptors (Lipinski definition) is 5. The minimum atomic E-state index is -5.48. The molecule has 0 aliphatic rings. The summed E-state index contributed by atoms with van der Waals surface area (Å²) in [5, 5.41) is 7.99. The molecule has 2 rings (SSSR count). The van der Waals surface area contributed by atoms with Crippen LogP contribution in [0.25, 0.3) is 0 Å². The van der Waals surface area contributed by atoms with Gasteiger partial charge in [0.15, 0.2) is 22.9 Å². The SMILES string of the molecule is Cc1cn[nH]c1NC(=O)c1nc(C(F)(F)F)c(C(F)(F)F)nc1N. The molecule has 2 aromatic heterocycles. The molecule has 7 nitrogen and oxygen atoms in total. The van der Waals surface area contributed by atoms with Crippen molar-refractivity contribution in [3.05, 3.63) is 28.8 Å². The fraction of sp³-hybridized carbons (Fsp3) is 0.273. The number of alkyl halides is 6. The Balaban J connectivity index is 2.52. The van der Waals surface area contributed by atoms with Crippen molar-refractivity contribution in [1.82, 2.24) is 20.2 Å². The second kappa shape index (κ2) is 5.65. The van der Waals surface area contributed by atoms with Crippen molar-refractivity contribution < 1.29 is 31.1 Å². The minimum absolute atomic E-state index is 0.0228. The number of anilines is 2. The highest BCUT2D eigenvalue weighted by Gasteiger charge is 2.47. The molecular weight excluding hydrogens is 346 g/mol. The van der Waals surface area contributed by atoms with Crippen LogP contribution in [0.2, 0.25) is 0 Å². The number of carbonyl (C=O) groups is 1. The maximum Gasteiger partial charge on any atom is 0.435 e. The molecule has 0 saturated heterocycles. The summed E-state index contributed by atoms with van der Waals surface area (Å²) in [4.78, 5) is 17.3. The lowest BCUT2D eigenvalue weighted by Crippen LogP contribution is -2.26. The van der Waals surface area contributed by atoms with Crippen LogP contribution in [-0.4, -0.2) is 26.1 Å². The molecule has 24 heavy (non-hydrogen) atoms. The second-order valence-electron chi connectivity index (χ2n) is 4.53. The van der Waals surface area contributed by atoms with Crippen molar-refractivity contribution in [2.24, 2.45) is 0 Å². The number of aryl methyl sites for hydroxylation is 1. The molecule has 0 saturated carbocycles. The lowest BCUT2D eigenvalue weighted by molar-refractivity contribution is -0.167. The fourth-order valence-electron chi connectivity index (χ4n) is 1.66. The van der Waals surface area contributed by atoms with Crippen molar-refractivity contribution in [2.45, 2.75) is 19.3 Å². The molecule has 0 aliphatic carbocycles. The largest absolute Gasteiger partial charge is 0.435 e. The number of nitrogens with zero attached hydrogens (tertiary/aromatic N) is 3. The van der Waals surface area contributed by atoms with Gasteiger partial charge < -0.3 is 11.1 Å². The van der Waals surface area contributed by atoms with Gasteiger partial charge in [-0.05, 0) is 6.92 Å². The highest BCUT2D eigenvalue weighted by Crippen LogP contribution is 2.38. The molecule has 1 amide bonds. The van der Waals surface area contributed by atoms with Crippen LogP contribution >= 0.6 is 0 Å². The van der Waals surface area contributed by atoms with E-state index in [1.54, 1.807) is 0 Å². The first kappa shape index (κ1) is 17.5. The van der Waals surface area contributed by atoms with Gasteiger partial charge in [0.05, 0.1) is 6.20 Å². The predicted molar refractivity (Wildman–Crippen MR) is 67.7 cm³/mol. The van der Waals surface area contributed by atoms with Crippen LogP contribution in [0.4, 0.5) is 38.0 Å². The van der Waals surface area contributed by atoms with E-state index in [4.69, 9.17) is 5.73 Å². The van der Waals surface area contributed by atoms with Crippen LogP contribution in [-0.2, 0) is 12.4 Å². The van der Waals surface area contributed by atoms with Crippen LogP contribution < -0.4 is 11.1 Å². The highest BCUT2D eigenvalue weighted by molar-refractivity contribution is 6.05. The summed E-state index contributed by atoms with van der Waals surface area (Å²) in [6, 6.07) is 0. The molecule has 0 bridgehead atoms. The van der Waals surface area contributed by atoms with Crippen molar-refractivity contribution >= 4 is 17.5 Å². The maximum atomic E-state index is 12.8. The van der Waals surface area contributed by atoms with Crippen molar-refractivity contribution in [3.63, 3.8) is 0 Å². The molecule has 0 aromatic carbocycles. The Morgan fingerprint density at radius 1 is 1.12 bits per heavy atom. The van der Waals surface area contributed by atoms with Gasteiger partial charge in [0.2, 0.25) is 0 Å². The first-order valence-corrected chi connectivity index (χ1v) is 6.04. The quantitative estimate of drug-likeness (QED) is 0.718. The third-order valence-electron chi connectivity index (χ3n) is 2.74. The van der Waals surface area contributed by atoms with E-state index in [-0.39, 0.29) is 5.82 Å². The molecule has 0 unspecified atom stereocenters. The van der Waals surface area contributed by atoms with E-state index in [2.05, 4.69) is 25.5 Å². The van der Waals surface area contributed by atoms with Gasteiger partial charge in [-0.25, -0.2) is 9.97 Å². The maximum absolute atomic E-state index is 12.8. The van der Waals surface area contributed by atoms with Crippen molar-refractivity contribution in [1.29, 1.82) is 0 Å². The fourth-order valence-corrected chi connectivity index (χ4v) is 1.66. The molecule has 4 N–H and O–H groups in total. The Hall–Kier alpha value is -2.86. The van der Waals surface area contributed by atoms with E-state index in [0.29, 0.717) is 5.56 Å². The van der Waals surface area contributed by atoms with Gasteiger partial charge in [-0.15, -0.1) is 0 Å². The van der Waals surface area contributed by atoms with E-state index in [1.165, 1.54) is 13.1 Å². The van der Waals surface area contributed by atoms with E-state index in [1.807, 2.05) is 0 Å². The number of hydrogen-bond donors (Lipinski definition) is 3. The average Bonchev–Trinajstić information content (AvgIpc) is 2.81. The van der Waals surface area contributed by atoms with E-state index < -0.39 is 41.2 Å². The van der Waals surface area contributed by atoms with Crippen LogP contribution in [0.15, 0.2) is 6.20 Å². The predicted octanol–water partition coefficient (Wildman–Crippen LogP) is 2.38. The topological polar surface area (TPSA) is 110 Å². The minimum Gasteiger partial charge on any atom is -0.382 e. The first-order chi connectivity index (χ1) is 10.9. The molecule has 0 radical (unpaired) electrons. The molecule has 0 fully saturated rings. The lowest BCUT2D eigenvalue weighted by Gasteiger charge is -2.15. The molecule has 0 atom stereocenters. The van der Waals surface area contributed by atoms with Gasteiger partial charge in [0, 0.05) is 5.56 Å². The van der Waals surface area contributed by atoms with Crippen LogP contribution in [0.3, 0.4) is 0 Å². The summed E-state index contributed by atoms with van der Waals surface area (Å²) in [5.41, 5.74) is -0.163.